The molecule has 1 fully saturated rings. The van der Waals surface area contributed by atoms with Gasteiger partial charge < -0.3 is 4.74 Å². The van der Waals surface area contributed by atoms with Crippen molar-refractivity contribution in [2.24, 2.45) is 17.8 Å². The van der Waals surface area contributed by atoms with Crippen LogP contribution in [0, 0.1) is 17.8 Å². The van der Waals surface area contributed by atoms with Crippen LogP contribution in [0.2, 0.25) is 0 Å². The van der Waals surface area contributed by atoms with Crippen LogP contribution >= 0.6 is 0 Å². The molecule has 0 aromatic heterocycles. The maximum atomic E-state index is 13.9. The van der Waals surface area contributed by atoms with Gasteiger partial charge in [0, 0.05) is 25.2 Å². The van der Waals surface area contributed by atoms with E-state index in [1.807, 2.05) is 19.1 Å². The Bertz CT molecular complexity index is 529. The highest BCUT2D eigenvalue weighted by Crippen LogP contribution is 2.39. The number of esters is 1. The monoisotopic (exact) mass is 396 g/mol. The Balaban J connectivity index is 2.42. The lowest BCUT2D eigenvalue weighted by atomic mass is 9.83. The molecule has 4 atom stereocenters. The Morgan fingerprint density at radius 1 is 1.21 bits per heavy atom. The first-order chi connectivity index (χ1) is 13.4. The third-order valence-electron chi connectivity index (χ3n) is 5.68. The van der Waals surface area contributed by atoms with Gasteiger partial charge in [-0.3, -0.25) is 14.4 Å². The van der Waals surface area contributed by atoms with E-state index in [0.29, 0.717) is 38.7 Å². The van der Waals surface area contributed by atoms with Crippen LogP contribution in [-0.4, -0.2) is 30.3 Å². The number of carbonyl (C=O) groups excluding carboxylic acids is 3. The van der Waals surface area contributed by atoms with Gasteiger partial charge in [-0.05, 0) is 50.9 Å². The molecule has 0 aromatic rings. The molecule has 160 valence electrons. The average molecular weight is 397 g/mol. The highest BCUT2D eigenvalue weighted by molar-refractivity contribution is 5.85. The second kappa shape index (κ2) is 13.6. The first-order valence-corrected chi connectivity index (χ1v) is 10.9. The van der Waals surface area contributed by atoms with E-state index >= 15 is 0 Å². The first kappa shape index (κ1) is 24.5. The van der Waals surface area contributed by atoms with Crippen LogP contribution in [0.3, 0.4) is 0 Å². The Labute approximate surface area is 169 Å². The van der Waals surface area contributed by atoms with E-state index in [1.54, 1.807) is 6.92 Å². The van der Waals surface area contributed by atoms with Crippen molar-refractivity contribution in [3.63, 3.8) is 0 Å². The number of rotatable bonds is 14. The van der Waals surface area contributed by atoms with Gasteiger partial charge in [-0.1, -0.05) is 38.8 Å². The highest BCUT2D eigenvalue weighted by Gasteiger charge is 2.39. The normalized spacial score (nSPS) is 23.3. The van der Waals surface area contributed by atoms with Gasteiger partial charge in [-0.15, -0.1) is 0 Å². The molecule has 0 amide bonds. The Hall–Kier alpha value is -1.52. The molecule has 0 bridgehead atoms. The van der Waals surface area contributed by atoms with Crippen molar-refractivity contribution in [2.45, 2.75) is 91.2 Å². The lowest BCUT2D eigenvalue weighted by molar-refractivity contribution is -0.143. The standard InChI is InChI=1S/C23H37FO4/c1-4-6-12-20(24)21(25)15-14-18-17(3)16-22(26)19(18)11-9-7-8-10-13-23(27)28-5-2/h7,9,17-20H,4-6,8,10-16H2,1-3H3/b9-7-/t17?,18-,19?,20?/m0/s1. The SMILES string of the molecule is CCCCC(F)C(=O)CC[C@H]1C(C)CC(=O)C1C/C=C\CCCC(=O)OCC. The molecule has 0 saturated heterocycles. The molecule has 0 aromatic carbocycles. The Morgan fingerprint density at radius 3 is 2.64 bits per heavy atom. The zero-order valence-electron chi connectivity index (χ0n) is 17.8. The number of halogens is 1. The fourth-order valence-electron chi connectivity index (χ4n) is 4.02. The molecule has 3 unspecified atom stereocenters. The van der Waals surface area contributed by atoms with Crippen molar-refractivity contribution in [3.8, 4) is 0 Å². The summed E-state index contributed by atoms with van der Waals surface area (Å²) in [5.41, 5.74) is 0. The molecule has 0 radical (unpaired) electrons. The number of ketones is 2. The summed E-state index contributed by atoms with van der Waals surface area (Å²) < 4.78 is 18.8. The lowest BCUT2D eigenvalue weighted by Gasteiger charge is -2.21. The van der Waals surface area contributed by atoms with Crippen LogP contribution in [0.1, 0.15) is 85.0 Å². The molecule has 0 N–H and O–H groups in total. The summed E-state index contributed by atoms with van der Waals surface area (Å²) >= 11 is 0. The number of Topliss-reactive ketones (excluding diaryl/α,β-unsaturated/α-hetero) is 2. The summed E-state index contributed by atoms with van der Waals surface area (Å²) in [5.74, 6) is 0.0933. The number of allylic oxidation sites excluding steroid dienone is 2. The van der Waals surface area contributed by atoms with E-state index in [-0.39, 0.29) is 41.7 Å². The Kier molecular flexibility index (Phi) is 11.9. The van der Waals surface area contributed by atoms with Gasteiger partial charge in [0.25, 0.3) is 0 Å². The van der Waals surface area contributed by atoms with E-state index in [1.165, 1.54) is 0 Å². The van der Waals surface area contributed by atoms with Crippen molar-refractivity contribution in [2.75, 3.05) is 6.61 Å². The molecule has 1 rings (SSSR count). The zero-order chi connectivity index (χ0) is 20.9. The third-order valence-corrected chi connectivity index (χ3v) is 5.68. The van der Waals surface area contributed by atoms with Gasteiger partial charge in [0.2, 0.25) is 0 Å². The van der Waals surface area contributed by atoms with Gasteiger partial charge in [-0.25, -0.2) is 4.39 Å². The van der Waals surface area contributed by atoms with Crippen LogP contribution in [0.25, 0.3) is 0 Å². The van der Waals surface area contributed by atoms with Crippen molar-refractivity contribution < 1.29 is 23.5 Å². The number of hydrogen-bond acceptors (Lipinski definition) is 4. The van der Waals surface area contributed by atoms with Crippen LogP contribution in [-0.2, 0) is 19.1 Å². The molecule has 0 heterocycles. The van der Waals surface area contributed by atoms with E-state index in [0.717, 1.165) is 25.7 Å². The van der Waals surface area contributed by atoms with Crippen molar-refractivity contribution in [3.05, 3.63) is 12.2 Å². The van der Waals surface area contributed by atoms with E-state index in [9.17, 15) is 18.8 Å². The average Bonchev–Trinajstić information content (AvgIpc) is 2.93. The van der Waals surface area contributed by atoms with Gasteiger partial charge in [0.05, 0.1) is 6.61 Å². The minimum atomic E-state index is -1.36. The molecule has 5 heteroatoms. The fraction of sp³-hybridized carbons (Fsp3) is 0.783. The topological polar surface area (TPSA) is 60.4 Å². The van der Waals surface area contributed by atoms with Crippen molar-refractivity contribution >= 4 is 17.5 Å². The number of ether oxygens (including phenoxy) is 1. The Morgan fingerprint density at radius 2 is 1.96 bits per heavy atom. The largest absolute Gasteiger partial charge is 0.466 e. The second-order valence-electron chi connectivity index (χ2n) is 7.94. The van der Waals surface area contributed by atoms with E-state index < -0.39 is 6.17 Å². The fourth-order valence-corrected chi connectivity index (χ4v) is 4.02. The quantitative estimate of drug-likeness (QED) is 0.224. The van der Waals surface area contributed by atoms with Crippen molar-refractivity contribution in [1.82, 2.24) is 0 Å². The predicted molar refractivity (Wildman–Crippen MR) is 109 cm³/mol. The summed E-state index contributed by atoms with van der Waals surface area (Å²) in [7, 11) is 0. The number of carbonyl (C=O) groups is 3. The summed E-state index contributed by atoms with van der Waals surface area (Å²) in [6, 6.07) is 0. The zero-order valence-corrected chi connectivity index (χ0v) is 17.8. The van der Waals surface area contributed by atoms with Gasteiger partial charge in [0.1, 0.15) is 5.78 Å². The molecule has 28 heavy (non-hydrogen) atoms. The number of unbranched alkanes of at least 4 members (excludes halogenated alkanes) is 2. The summed E-state index contributed by atoms with van der Waals surface area (Å²) in [6.45, 7) is 6.24. The second-order valence-corrected chi connectivity index (χ2v) is 7.94. The lowest BCUT2D eigenvalue weighted by Crippen LogP contribution is -2.21. The van der Waals surface area contributed by atoms with Crippen LogP contribution in [0.5, 0.6) is 0 Å². The minimum absolute atomic E-state index is 0.0715. The number of hydrogen-bond donors (Lipinski definition) is 0. The van der Waals surface area contributed by atoms with Crippen LogP contribution in [0.4, 0.5) is 4.39 Å². The molecular formula is C23H37FO4. The summed E-state index contributed by atoms with van der Waals surface area (Å²) in [6.07, 6.45) is 8.56. The summed E-state index contributed by atoms with van der Waals surface area (Å²) in [5, 5.41) is 0. The molecule has 0 spiro atoms. The van der Waals surface area contributed by atoms with E-state index in [4.69, 9.17) is 4.74 Å². The van der Waals surface area contributed by atoms with Crippen molar-refractivity contribution in [1.29, 1.82) is 0 Å². The van der Waals surface area contributed by atoms with Gasteiger partial charge in [-0.2, -0.15) is 0 Å². The maximum absolute atomic E-state index is 13.9. The minimum Gasteiger partial charge on any atom is -0.466 e. The molecule has 1 aliphatic rings. The molecule has 0 aliphatic heterocycles. The third kappa shape index (κ3) is 8.66. The first-order valence-electron chi connectivity index (χ1n) is 10.9. The number of alkyl halides is 1. The summed E-state index contributed by atoms with van der Waals surface area (Å²) in [4.78, 5) is 35.7. The van der Waals surface area contributed by atoms with Crippen LogP contribution < -0.4 is 0 Å². The molecule has 4 nitrogen and oxygen atoms in total. The maximum Gasteiger partial charge on any atom is 0.305 e. The molecule has 1 aliphatic carbocycles. The van der Waals surface area contributed by atoms with Gasteiger partial charge >= 0.3 is 5.97 Å². The highest BCUT2D eigenvalue weighted by atomic mass is 19.1. The molecular weight excluding hydrogens is 359 g/mol. The van der Waals surface area contributed by atoms with Crippen LogP contribution in [0.15, 0.2) is 12.2 Å². The van der Waals surface area contributed by atoms with Gasteiger partial charge in [0.15, 0.2) is 12.0 Å². The van der Waals surface area contributed by atoms with E-state index in [2.05, 4.69) is 6.92 Å². The molecule has 1 saturated carbocycles. The smallest absolute Gasteiger partial charge is 0.305 e. The predicted octanol–water partition coefficient (Wildman–Crippen LogP) is 5.39.